The minimum Gasteiger partial charge on any atom is -0.112 e. The molecule has 0 aliphatic carbocycles. The van der Waals surface area contributed by atoms with Gasteiger partial charge in [0, 0.05) is 10.2 Å². The Morgan fingerprint density at radius 1 is 0.833 bits per heavy atom. The molecule has 0 aliphatic rings. The van der Waals surface area contributed by atoms with Crippen molar-refractivity contribution in [2.75, 3.05) is 0 Å². The summed E-state index contributed by atoms with van der Waals surface area (Å²) in [6, 6.07) is 21.7. The van der Waals surface area contributed by atoms with Gasteiger partial charge in [0.25, 0.3) is 0 Å². The molecule has 18 heavy (non-hydrogen) atoms. The minimum atomic E-state index is 1.31. The zero-order valence-corrected chi connectivity index (χ0v) is 11.8. The summed E-state index contributed by atoms with van der Waals surface area (Å²) in [6.07, 6.45) is 0. The topological polar surface area (TPSA) is 0 Å². The molecule has 1 aromatic heterocycles. The van der Waals surface area contributed by atoms with Crippen molar-refractivity contribution in [3.8, 4) is 21.3 Å². The Bertz CT molecular complexity index is 638. The molecule has 0 spiro atoms. The van der Waals surface area contributed by atoms with E-state index in [0.29, 0.717) is 0 Å². The quantitative estimate of drug-likeness (QED) is 0.537. The Kier molecular flexibility index (Phi) is 3.27. The molecule has 0 saturated carbocycles. The Labute approximate surface area is 113 Å². The molecular weight excluding hydrogens is 255 g/mol. The summed E-state index contributed by atoms with van der Waals surface area (Å²) < 4.78 is 0. The highest BCUT2D eigenvalue weighted by molar-refractivity contribution is 7.83. The van der Waals surface area contributed by atoms with Crippen molar-refractivity contribution in [2.24, 2.45) is 0 Å². The lowest BCUT2D eigenvalue weighted by Gasteiger charge is -1.97. The Morgan fingerprint density at radius 2 is 1.56 bits per heavy atom. The molecule has 0 nitrogen and oxygen atoms in total. The van der Waals surface area contributed by atoms with Crippen LogP contribution in [0.2, 0.25) is 0 Å². The number of rotatable bonds is 2. The molecule has 0 aliphatic heterocycles. The van der Waals surface area contributed by atoms with Crippen LogP contribution < -0.4 is 0 Å². The van der Waals surface area contributed by atoms with Gasteiger partial charge in [0.1, 0.15) is 0 Å². The van der Waals surface area contributed by atoms with Gasteiger partial charge in [-0.25, -0.2) is 0 Å². The standard InChI is InChI=1S/C16H13PS/c1-12-7-9-13(10-8-12)15-11-16(18-17-15)14-5-3-2-4-6-14/h2-11H,1H3. The van der Waals surface area contributed by atoms with E-state index in [2.05, 4.69) is 67.6 Å². The van der Waals surface area contributed by atoms with E-state index < -0.39 is 0 Å². The van der Waals surface area contributed by atoms with Crippen molar-refractivity contribution in [3.05, 3.63) is 66.2 Å². The fourth-order valence-corrected chi connectivity index (χ4v) is 4.55. The van der Waals surface area contributed by atoms with Crippen LogP contribution in [0.25, 0.3) is 21.3 Å². The average Bonchev–Trinajstić information content (AvgIpc) is 2.90. The van der Waals surface area contributed by atoms with Crippen LogP contribution in [0.15, 0.2) is 60.7 Å². The van der Waals surface area contributed by atoms with Crippen LogP contribution in [0.3, 0.4) is 0 Å². The summed E-state index contributed by atoms with van der Waals surface area (Å²) in [5, 5.41) is 1.40. The molecule has 0 atom stereocenters. The SMILES string of the molecule is Cc1ccc(-c2cc(-c3ccccc3)sp2)cc1. The Hall–Kier alpha value is -1.43. The number of benzene rings is 2. The van der Waals surface area contributed by atoms with Crippen LogP contribution in [0.5, 0.6) is 0 Å². The molecule has 88 valence electrons. The first-order valence-corrected chi connectivity index (χ1v) is 8.24. The monoisotopic (exact) mass is 268 g/mol. The molecule has 2 aromatic carbocycles. The minimum absolute atomic E-state index is 1.31. The van der Waals surface area contributed by atoms with Crippen LogP contribution in [-0.4, -0.2) is 0 Å². The van der Waals surface area contributed by atoms with E-state index >= 15 is 0 Å². The maximum absolute atomic E-state index is 2.31. The molecule has 1 heterocycles. The van der Waals surface area contributed by atoms with E-state index in [1.807, 2.05) is 10.9 Å². The predicted octanol–water partition coefficient (Wildman–Crippen LogP) is 5.97. The second-order valence-electron chi connectivity index (χ2n) is 4.31. The largest absolute Gasteiger partial charge is 0.112 e. The van der Waals surface area contributed by atoms with Crippen molar-refractivity contribution in [1.82, 2.24) is 0 Å². The van der Waals surface area contributed by atoms with Gasteiger partial charge in [-0.2, -0.15) is 0 Å². The van der Waals surface area contributed by atoms with Crippen LogP contribution >= 0.6 is 18.3 Å². The highest BCUT2D eigenvalue weighted by Gasteiger charge is 2.04. The van der Waals surface area contributed by atoms with Gasteiger partial charge in [0.05, 0.1) is 0 Å². The number of hydrogen-bond donors (Lipinski definition) is 0. The van der Waals surface area contributed by atoms with E-state index in [1.165, 1.54) is 34.2 Å². The second kappa shape index (κ2) is 5.06. The van der Waals surface area contributed by atoms with Crippen molar-refractivity contribution < 1.29 is 0 Å². The molecule has 0 radical (unpaired) electrons. The second-order valence-corrected chi connectivity index (χ2v) is 6.69. The first-order chi connectivity index (χ1) is 8.83. The van der Waals surface area contributed by atoms with Crippen molar-refractivity contribution in [1.29, 1.82) is 0 Å². The Balaban J connectivity index is 1.97. The third-order valence-corrected chi connectivity index (χ3v) is 5.60. The molecule has 2 heteroatoms. The van der Waals surface area contributed by atoms with Gasteiger partial charge in [0.15, 0.2) is 0 Å². The van der Waals surface area contributed by atoms with Gasteiger partial charge in [-0.3, -0.25) is 0 Å². The summed E-state index contributed by atoms with van der Waals surface area (Å²) >= 11 is 0. The molecule has 0 bridgehead atoms. The van der Waals surface area contributed by atoms with Crippen molar-refractivity contribution in [2.45, 2.75) is 6.92 Å². The molecular formula is C16H13PS. The number of hydrogen-bond acceptors (Lipinski definition) is 1. The first-order valence-electron chi connectivity index (χ1n) is 5.92. The zero-order chi connectivity index (χ0) is 12.4. The van der Waals surface area contributed by atoms with E-state index in [4.69, 9.17) is 0 Å². The fraction of sp³-hybridized carbons (Fsp3) is 0.0625. The van der Waals surface area contributed by atoms with Crippen molar-refractivity contribution in [3.63, 3.8) is 0 Å². The number of aryl methyl sites for hydroxylation is 1. The van der Waals surface area contributed by atoms with Gasteiger partial charge in [-0.05, 0) is 31.5 Å². The maximum Gasteiger partial charge on any atom is 0.0399 e. The normalized spacial score (nSPS) is 10.9. The molecule has 0 unspecified atom stereocenters. The predicted molar refractivity (Wildman–Crippen MR) is 82.4 cm³/mol. The van der Waals surface area contributed by atoms with Crippen molar-refractivity contribution >= 4 is 18.3 Å². The van der Waals surface area contributed by atoms with E-state index in [-0.39, 0.29) is 0 Å². The highest BCUT2D eigenvalue weighted by Crippen LogP contribution is 2.40. The van der Waals surface area contributed by atoms with Gasteiger partial charge in [-0.15, -0.1) is 10.9 Å². The maximum atomic E-state index is 2.31. The molecule has 0 fully saturated rings. The first kappa shape index (κ1) is 11.6. The van der Waals surface area contributed by atoms with Gasteiger partial charge in [0.2, 0.25) is 0 Å². The molecule has 0 saturated heterocycles. The van der Waals surface area contributed by atoms with Crippen LogP contribution in [0, 0.1) is 6.92 Å². The molecule has 3 rings (SSSR count). The van der Waals surface area contributed by atoms with Gasteiger partial charge < -0.3 is 0 Å². The summed E-state index contributed by atoms with van der Waals surface area (Å²) in [5.74, 6) is 0. The third kappa shape index (κ3) is 2.38. The van der Waals surface area contributed by atoms with Gasteiger partial charge >= 0.3 is 0 Å². The zero-order valence-electron chi connectivity index (χ0n) is 10.1. The molecule has 3 aromatic rings. The summed E-state index contributed by atoms with van der Waals surface area (Å²) in [4.78, 5) is 1.37. The van der Waals surface area contributed by atoms with E-state index in [1.54, 1.807) is 0 Å². The van der Waals surface area contributed by atoms with Crippen LogP contribution in [0.4, 0.5) is 0 Å². The molecule has 0 N–H and O–H groups in total. The van der Waals surface area contributed by atoms with Crippen LogP contribution in [0.1, 0.15) is 5.56 Å². The third-order valence-electron chi connectivity index (χ3n) is 2.92. The van der Waals surface area contributed by atoms with Gasteiger partial charge in [-0.1, -0.05) is 60.2 Å². The summed E-state index contributed by atoms with van der Waals surface area (Å²) in [7, 11) is 3.23. The average molecular weight is 268 g/mol. The smallest absolute Gasteiger partial charge is 0.0399 e. The fourth-order valence-electron chi connectivity index (χ4n) is 1.87. The van der Waals surface area contributed by atoms with E-state index in [9.17, 15) is 0 Å². The lowest BCUT2D eigenvalue weighted by atomic mass is 10.1. The van der Waals surface area contributed by atoms with E-state index in [0.717, 1.165) is 0 Å². The molecule has 0 amide bonds. The highest BCUT2D eigenvalue weighted by atomic mass is 32.5. The van der Waals surface area contributed by atoms with Crippen LogP contribution in [-0.2, 0) is 0 Å². The summed E-state index contributed by atoms with van der Waals surface area (Å²) in [5.41, 5.74) is 3.96. The lowest BCUT2D eigenvalue weighted by molar-refractivity contribution is 1.48. The lowest BCUT2D eigenvalue weighted by Crippen LogP contribution is -1.74. The summed E-state index contributed by atoms with van der Waals surface area (Å²) in [6.45, 7) is 2.13. The Morgan fingerprint density at radius 3 is 2.28 bits per heavy atom.